The van der Waals surface area contributed by atoms with Crippen LogP contribution in [-0.2, 0) is 12.3 Å². The second kappa shape index (κ2) is 8.84. The zero-order chi connectivity index (χ0) is 20.9. The second-order valence-electron chi connectivity index (χ2n) is 6.41. The molecular weight excluding hydrogens is 403 g/mol. The van der Waals surface area contributed by atoms with Crippen LogP contribution in [-0.4, -0.2) is 21.9 Å². The minimum atomic E-state index is -0.353. The summed E-state index contributed by atoms with van der Waals surface area (Å²) in [5, 5.41) is 18.4. The minimum Gasteiger partial charge on any atom is -0.497 e. The van der Waals surface area contributed by atoms with Crippen molar-refractivity contribution in [3.63, 3.8) is 0 Å². The van der Waals surface area contributed by atoms with Crippen LogP contribution in [0.1, 0.15) is 16.9 Å². The first-order valence-corrected chi connectivity index (χ1v) is 10.1. The summed E-state index contributed by atoms with van der Waals surface area (Å²) >= 11 is 1.35. The SMILES string of the molecule is COc1ccc(-c2nnc(SCc3cc(C#N)ccc3F)n2Cc2ccco2)cc1. The van der Waals surface area contributed by atoms with Crippen LogP contribution >= 0.6 is 11.8 Å². The molecule has 30 heavy (non-hydrogen) atoms. The number of aromatic nitrogens is 3. The fraction of sp³-hybridized carbons (Fsp3) is 0.136. The van der Waals surface area contributed by atoms with Gasteiger partial charge in [0, 0.05) is 11.3 Å². The topological polar surface area (TPSA) is 76.9 Å². The van der Waals surface area contributed by atoms with Crippen LogP contribution in [0.15, 0.2) is 70.4 Å². The number of nitriles is 1. The molecule has 150 valence electrons. The van der Waals surface area contributed by atoms with E-state index in [1.54, 1.807) is 19.4 Å². The molecule has 0 saturated heterocycles. The molecule has 0 fully saturated rings. The summed E-state index contributed by atoms with van der Waals surface area (Å²) in [5.41, 5.74) is 1.74. The molecule has 4 rings (SSSR count). The summed E-state index contributed by atoms with van der Waals surface area (Å²) in [6, 6.07) is 17.6. The summed E-state index contributed by atoms with van der Waals surface area (Å²) in [6.07, 6.45) is 1.61. The van der Waals surface area contributed by atoms with E-state index in [1.165, 1.54) is 23.9 Å². The van der Waals surface area contributed by atoms with Gasteiger partial charge >= 0.3 is 0 Å². The minimum absolute atomic E-state index is 0.320. The van der Waals surface area contributed by atoms with Gasteiger partial charge in [-0.2, -0.15) is 5.26 Å². The van der Waals surface area contributed by atoms with Gasteiger partial charge in [-0.05, 0) is 60.2 Å². The van der Waals surface area contributed by atoms with E-state index in [0.717, 1.165) is 17.1 Å². The number of nitrogens with zero attached hydrogens (tertiary/aromatic N) is 4. The maximum Gasteiger partial charge on any atom is 0.192 e. The van der Waals surface area contributed by atoms with Gasteiger partial charge in [0.1, 0.15) is 17.3 Å². The highest BCUT2D eigenvalue weighted by atomic mass is 32.2. The highest BCUT2D eigenvalue weighted by molar-refractivity contribution is 7.98. The monoisotopic (exact) mass is 420 g/mol. The van der Waals surface area contributed by atoms with Crippen molar-refractivity contribution in [3.8, 4) is 23.2 Å². The molecule has 0 aliphatic heterocycles. The van der Waals surface area contributed by atoms with E-state index in [1.807, 2.05) is 47.0 Å². The van der Waals surface area contributed by atoms with E-state index >= 15 is 0 Å². The Morgan fingerprint density at radius 2 is 2.00 bits per heavy atom. The number of hydrogen-bond acceptors (Lipinski definition) is 6. The predicted octanol–water partition coefficient (Wildman–Crippen LogP) is 4.90. The van der Waals surface area contributed by atoms with Crippen LogP contribution in [0.5, 0.6) is 5.75 Å². The fourth-order valence-corrected chi connectivity index (χ4v) is 3.86. The smallest absolute Gasteiger partial charge is 0.192 e. The Balaban J connectivity index is 1.65. The van der Waals surface area contributed by atoms with Crippen LogP contribution < -0.4 is 4.74 Å². The Kier molecular flexibility index (Phi) is 5.82. The molecule has 0 unspecified atom stereocenters. The first-order valence-electron chi connectivity index (χ1n) is 9.09. The van der Waals surface area contributed by atoms with Gasteiger partial charge in [-0.25, -0.2) is 4.39 Å². The van der Waals surface area contributed by atoms with Gasteiger partial charge in [0.25, 0.3) is 0 Å². The van der Waals surface area contributed by atoms with Gasteiger partial charge < -0.3 is 9.15 Å². The van der Waals surface area contributed by atoms with Crippen LogP contribution in [0.4, 0.5) is 4.39 Å². The van der Waals surface area contributed by atoms with E-state index in [9.17, 15) is 4.39 Å². The number of methoxy groups -OCH3 is 1. The molecule has 0 aliphatic rings. The summed E-state index contributed by atoms with van der Waals surface area (Å²) in [5.74, 6) is 2.14. The van der Waals surface area contributed by atoms with Crippen LogP contribution in [0.3, 0.4) is 0 Å². The Morgan fingerprint density at radius 1 is 1.17 bits per heavy atom. The van der Waals surface area contributed by atoms with Gasteiger partial charge in [0.2, 0.25) is 0 Å². The van der Waals surface area contributed by atoms with E-state index < -0.39 is 0 Å². The number of thioether (sulfide) groups is 1. The second-order valence-corrected chi connectivity index (χ2v) is 7.35. The molecule has 2 aromatic heterocycles. The molecule has 0 spiro atoms. The summed E-state index contributed by atoms with van der Waals surface area (Å²) in [6.45, 7) is 0.435. The highest BCUT2D eigenvalue weighted by Gasteiger charge is 2.17. The average molecular weight is 420 g/mol. The van der Waals surface area contributed by atoms with Crippen LogP contribution in [0.2, 0.25) is 0 Å². The highest BCUT2D eigenvalue weighted by Crippen LogP contribution is 2.29. The summed E-state index contributed by atoms with van der Waals surface area (Å²) < 4.78 is 26.8. The lowest BCUT2D eigenvalue weighted by atomic mass is 10.1. The predicted molar refractivity (Wildman–Crippen MR) is 110 cm³/mol. The van der Waals surface area contributed by atoms with E-state index in [0.29, 0.717) is 34.4 Å². The van der Waals surface area contributed by atoms with Crippen molar-refractivity contribution in [1.82, 2.24) is 14.8 Å². The van der Waals surface area contributed by atoms with E-state index in [2.05, 4.69) is 10.2 Å². The standard InChI is InChI=1S/C22H17FN4O2S/c1-28-18-7-5-16(6-8-18)21-25-26-22(27(21)13-19-3-2-10-29-19)30-14-17-11-15(12-24)4-9-20(17)23/h2-11H,13-14H2,1H3. The Hall–Kier alpha value is -3.57. The molecule has 0 aliphatic carbocycles. The molecule has 4 aromatic rings. The molecule has 6 nitrogen and oxygen atoms in total. The Labute approximate surface area is 176 Å². The molecule has 0 radical (unpaired) electrons. The van der Waals surface area contributed by atoms with Gasteiger partial charge in [-0.1, -0.05) is 11.8 Å². The zero-order valence-corrected chi connectivity index (χ0v) is 16.9. The van der Waals surface area contributed by atoms with Crippen molar-refractivity contribution < 1.29 is 13.5 Å². The number of benzene rings is 2. The van der Waals surface area contributed by atoms with Gasteiger partial charge in [0.15, 0.2) is 11.0 Å². The number of halogens is 1. The zero-order valence-electron chi connectivity index (χ0n) is 16.1. The largest absolute Gasteiger partial charge is 0.497 e. The third kappa shape index (κ3) is 4.21. The quantitative estimate of drug-likeness (QED) is 0.396. The third-order valence-corrected chi connectivity index (χ3v) is 5.51. The third-order valence-electron chi connectivity index (χ3n) is 4.49. The van der Waals surface area contributed by atoms with Crippen LogP contribution in [0.25, 0.3) is 11.4 Å². The molecule has 0 saturated carbocycles. The average Bonchev–Trinajstić information content (AvgIpc) is 3.44. The van der Waals surface area contributed by atoms with E-state index in [4.69, 9.17) is 14.4 Å². The normalized spacial score (nSPS) is 10.7. The molecule has 0 bridgehead atoms. The van der Waals surface area contributed by atoms with Crippen molar-refractivity contribution in [2.24, 2.45) is 0 Å². The fourth-order valence-electron chi connectivity index (χ4n) is 2.95. The number of rotatable bonds is 7. The van der Waals surface area contributed by atoms with Crippen LogP contribution in [0, 0.1) is 17.1 Å². The molecule has 2 heterocycles. The van der Waals surface area contributed by atoms with Crippen molar-refractivity contribution in [2.45, 2.75) is 17.5 Å². The van der Waals surface area contributed by atoms with E-state index in [-0.39, 0.29) is 5.82 Å². The molecule has 2 aromatic carbocycles. The Morgan fingerprint density at radius 3 is 2.70 bits per heavy atom. The summed E-state index contributed by atoms with van der Waals surface area (Å²) in [7, 11) is 1.61. The molecule has 0 amide bonds. The summed E-state index contributed by atoms with van der Waals surface area (Å²) in [4.78, 5) is 0. The number of hydrogen-bond donors (Lipinski definition) is 0. The lowest BCUT2D eigenvalue weighted by molar-refractivity contribution is 0.415. The maximum absolute atomic E-state index is 14.2. The molecular formula is C22H17FN4O2S. The Bertz CT molecular complexity index is 1180. The number of ether oxygens (including phenoxy) is 1. The van der Waals surface area contributed by atoms with Gasteiger partial charge in [-0.15, -0.1) is 10.2 Å². The first-order chi connectivity index (χ1) is 14.7. The molecule has 8 heteroatoms. The van der Waals surface area contributed by atoms with Crippen molar-refractivity contribution in [2.75, 3.05) is 7.11 Å². The molecule has 0 atom stereocenters. The number of furan rings is 1. The lowest BCUT2D eigenvalue weighted by Crippen LogP contribution is -2.04. The lowest BCUT2D eigenvalue weighted by Gasteiger charge is -2.10. The molecule has 0 N–H and O–H groups in total. The van der Waals surface area contributed by atoms with Gasteiger partial charge in [-0.3, -0.25) is 4.57 Å². The van der Waals surface area contributed by atoms with Gasteiger partial charge in [0.05, 0.1) is 31.6 Å². The maximum atomic E-state index is 14.2. The van der Waals surface area contributed by atoms with Crippen molar-refractivity contribution in [1.29, 1.82) is 5.26 Å². The first kappa shape index (κ1) is 19.7. The van der Waals surface area contributed by atoms with Crippen molar-refractivity contribution in [3.05, 3.63) is 83.6 Å². The van der Waals surface area contributed by atoms with Crippen molar-refractivity contribution >= 4 is 11.8 Å².